The first kappa shape index (κ1) is 18.8. The second kappa shape index (κ2) is 9.69. The standard InChI is InChI=1S/C20H28N4O/c1-15(2)19(23-17-10-5-4-6-11-17)13-22-20(21)24-18-12-8-7-9-16(18)14-25-3/h4-12,15,19,23H,13-14H2,1-3H3,(H3,21,22,24). The molecule has 1 atom stereocenters. The van der Waals surface area contributed by atoms with E-state index < -0.39 is 0 Å². The summed E-state index contributed by atoms with van der Waals surface area (Å²) in [7, 11) is 1.68. The second-order valence-corrected chi connectivity index (χ2v) is 6.30. The minimum atomic E-state index is 0.206. The Hall–Kier alpha value is -2.53. The number of nitrogens with one attached hydrogen (secondary N) is 2. The summed E-state index contributed by atoms with van der Waals surface area (Å²) >= 11 is 0. The van der Waals surface area contributed by atoms with Gasteiger partial charge in [-0.2, -0.15) is 0 Å². The first-order valence-electron chi connectivity index (χ1n) is 8.55. The topological polar surface area (TPSA) is 71.7 Å². The Morgan fingerprint density at radius 3 is 2.44 bits per heavy atom. The predicted octanol–water partition coefficient (Wildman–Crippen LogP) is 3.70. The van der Waals surface area contributed by atoms with Crippen LogP contribution < -0.4 is 16.4 Å². The highest BCUT2D eigenvalue weighted by atomic mass is 16.5. The van der Waals surface area contributed by atoms with Crippen LogP contribution in [0.15, 0.2) is 59.6 Å². The third-order valence-electron chi connectivity index (χ3n) is 3.97. The molecule has 0 aliphatic carbocycles. The van der Waals surface area contributed by atoms with Gasteiger partial charge in [-0.3, -0.25) is 4.99 Å². The molecule has 5 heteroatoms. The van der Waals surface area contributed by atoms with Crippen LogP contribution in [0, 0.1) is 5.92 Å². The van der Waals surface area contributed by atoms with Crippen LogP contribution >= 0.6 is 0 Å². The summed E-state index contributed by atoms with van der Waals surface area (Å²) in [4.78, 5) is 4.52. The lowest BCUT2D eigenvalue weighted by Gasteiger charge is -2.22. The zero-order valence-electron chi connectivity index (χ0n) is 15.2. The minimum absolute atomic E-state index is 0.206. The van der Waals surface area contributed by atoms with Crippen LogP contribution in [-0.4, -0.2) is 25.7 Å². The predicted molar refractivity (Wildman–Crippen MR) is 106 cm³/mol. The van der Waals surface area contributed by atoms with Crippen molar-refractivity contribution in [2.45, 2.75) is 26.5 Å². The van der Waals surface area contributed by atoms with Crippen LogP contribution in [0.2, 0.25) is 0 Å². The maximum absolute atomic E-state index is 6.08. The number of aliphatic imine (C=N–C) groups is 1. The molecule has 0 amide bonds. The van der Waals surface area contributed by atoms with Gasteiger partial charge in [0, 0.05) is 30.1 Å². The highest BCUT2D eigenvalue weighted by Gasteiger charge is 2.13. The van der Waals surface area contributed by atoms with Gasteiger partial charge in [0.2, 0.25) is 0 Å². The number of para-hydroxylation sites is 2. The number of nitrogens with zero attached hydrogens (tertiary/aromatic N) is 1. The van der Waals surface area contributed by atoms with Crippen molar-refractivity contribution in [3.63, 3.8) is 0 Å². The van der Waals surface area contributed by atoms with E-state index in [9.17, 15) is 0 Å². The summed E-state index contributed by atoms with van der Waals surface area (Å²) < 4.78 is 5.22. The zero-order chi connectivity index (χ0) is 18.1. The van der Waals surface area contributed by atoms with E-state index in [-0.39, 0.29) is 6.04 Å². The molecule has 2 aromatic rings. The Labute approximate surface area is 150 Å². The lowest BCUT2D eigenvalue weighted by molar-refractivity contribution is 0.185. The summed E-state index contributed by atoms with van der Waals surface area (Å²) in [6, 6.07) is 18.3. The molecule has 0 fully saturated rings. The van der Waals surface area contributed by atoms with Crippen molar-refractivity contribution in [2.24, 2.45) is 16.6 Å². The van der Waals surface area contributed by atoms with Gasteiger partial charge in [0.25, 0.3) is 0 Å². The number of nitrogens with two attached hydrogens (primary N) is 1. The molecule has 5 nitrogen and oxygen atoms in total. The molecular formula is C20H28N4O. The molecule has 0 aliphatic heterocycles. The first-order valence-corrected chi connectivity index (χ1v) is 8.55. The Balaban J connectivity index is 2.00. The SMILES string of the molecule is COCc1ccccc1NC(N)=NCC(Nc1ccccc1)C(C)C. The van der Waals surface area contributed by atoms with Crippen LogP contribution in [0.5, 0.6) is 0 Å². The van der Waals surface area contributed by atoms with Crippen molar-refractivity contribution in [3.8, 4) is 0 Å². The van der Waals surface area contributed by atoms with Gasteiger partial charge in [-0.25, -0.2) is 0 Å². The van der Waals surface area contributed by atoms with Gasteiger partial charge in [-0.05, 0) is 24.1 Å². The van der Waals surface area contributed by atoms with E-state index in [0.29, 0.717) is 25.0 Å². The summed E-state index contributed by atoms with van der Waals surface area (Å²) in [6.45, 7) is 5.47. The largest absolute Gasteiger partial charge is 0.380 e. The van der Waals surface area contributed by atoms with Gasteiger partial charge >= 0.3 is 0 Å². The molecule has 0 aliphatic rings. The lowest BCUT2D eigenvalue weighted by Crippen LogP contribution is -2.31. The molecule has 0 saturated carbocycles. The van der Waals surface area contributed by atoms with E-state index in [0.717, 1.165) is 16.9 Å². The smallest absolute Gasteiger partial charge is 0.193 e. The zero-order valence-corrected chi connectivity index (χ0v) is 15.2. The van der Waals surface area contributed by atoms with E-state index in [4.69, 9.17) is 10.5 Å². The fraction of sp³-hybridized carbons (Fsp3) is 0.350. The van der Waals surface area contributed by atoms with E-state index in [1.165, 1.54) is 0 Å². The summed E-state index contributed by atoms with van der Waals surface area (Å²) in [5, 5.41) is 6.69. The van der Waals surface area contributed by atoms with Crippen LogP contribution in [0.25, 0.3) is 0 Å². The molecular weight excluding hydrogens is 312 g/mol. The number of benzene rings is 2. The minimum Gasteiger partial charge on any atom is -0.380 e. The summed E-state index contributed by atoms with van der Waals surface area (Å²) in [5.41, 5.74) is 9.14. The highest BCUT2D eigenvalue weighted by molar-refractivity contribution is 5.93. The molecule has 0 bridgehead atoms. The van der Waals surface area contributed by atoms with Crippen molar-refractivity contribution in [2.75, 3.05) is 24.3 Å². The quantitative estimate of drug-likeness (QED) is 0.506. The third-order valence-corrected chi connectivity index (χ3v) is 3.97. The van der Waals surface area contributed by atoms with Crippen molar-refractivity contribution in [3.05, 3.63) is 60.2 Å². The van der Waals surface area contributed by atoms with E-state index in [1.54, 1.807) is 7.11 Å². The van der Waals surface area contributed by atoms with E-state index in [1.807, 2.05) is 42.5 Å². The van der Waals surface area contributed by atoms with Gasteiger partial charge in [0.05, 0.1) is 13.2 Å². The molecule has 25 heavy (non-hydrogen) atoms. The Morgan fingerprint density at radius 1 is 1.08 bits per heavy atom. The van der Waals surface area contributed by atoms with Crippen LogP contribution in [0.3, 0.4) is 0 Å². The Kier molecular flexibility index (Phi) is 7.29. The number of rotatable bonds is 8. The molecule has 0 saturated heterocycles. The van der Waals surface area contributed by atoms with Gasteiger partial charge in [-0.15, -0.1) is 0 Å². The van der Waals surface area contributed by atoms with E-state index >= 15 is 0 Å². The highest BCUT2D eigenvalue weighted by Crippen LogP contribution is 2.16. The van der Waals surface area contributed by atoms with Crippen LogP contribution in [0.1, 0.15) is 19.4 Å². The van der Waals surface area contributed by atoms with Crippen molar-refractivity contribution in [1.29, 1.82) is 0 Å². The first-order chi connectivity index (χ1) is 12.1. The monoisotopic (exact) mass is 340 g/mol. The fourth-order valence-electron chi connectivity index (χ4n) is 2.47. The van der Waals surface area contributed by atoms with Gasteiger partial charge in [-0.1, -0.05) is 50.2 Å². The average molecular weight is 340 g/mol. The van der Waals surface area contributed by atoms with E-state index in [2.05, 4.69) is 41.6 Å². The molecule has 0 spiro atoms. The molecule has 134 valence electrons. The second-order valence-electron chi connectivity index (χ2n) is 6.30. The number of ether oxygens (including phenoxy) is 1. The molecule has 2 rings (SSSR count). The van der Waals surface area contributed by atoms with Gasteiger partial charge < -0.3 is 21.1 Å². The Bertz CT molecular complexity index is 670. The Morgan fingerprint density at radius 2 is 1.76 bits per heavy atom. The lowest BCUT2D eigenvalue weighted by atomic mass is 10.0. The van der Waals surface area contributed by atoms with Crippen molar-refractivity contribution >= 4 is 17.3 Å². The number of methoxy groups -OCH3 is 1. The number of guanidine groups is 1. The number of hydrogen-bond acceptors (Lipinski definition) is 3. The van der Waals surface area contributed by atoms with Gasteiger partial charge in [0.1, 0.15) is 0 Å². The fourth-order valence-corrected chi connectivity index (χ4v) is 2.47. The third kappa shape index (κ3) is 6.12. The van der Waals surface area contributed by atoms with Crippen molar-refractivity contribution in [1.82, 2.24) is 0 Å². The molecule has 0 radical (unpaired) electrons. The van der Waals surface area contributed by atoms with Crippen molar-refractivity contribution < 1.29 is 4.74 Å². The summed E-state index contributed by atoms with van der Waals surface area (Å²) in [5.74, 6) is 0.835. The molecule has 0 aromatic heterocycles. The molecule has 0 heterocycles. The van der Waals surface area contributed by atoms with Gasteiger partial charge in [0.15, 0.2) is 5.96 Å². The summed E-state index contributed by atoms with van der Waals surface area (Å²) in [6.07, 6.45) is 0. The number of anilines is 2. The molecule has 2 aromatic carbocycles. The normalized spacial score (nSPS) is 12.9. The average Bonchev–Trinajstić information content (AvgIpc) is 2.61. The number of hydrogen-bond donors (Lipinski definition) is 3. The maximum atomic E-state index is 6.08. The molecule has 1 unspecified atom stereocenters. The van der Waals surface area contributed by atoms with Crippen LogP contribution in [0.4, 0.5) is 11.4 Å². The molecule has 4 N–H and O–H groups in total. The van der Waals surface area contributed by atoms with Crippen LogP contribution in [-0.2, 0) is 11.3 Å². The maximum Gasteiger partial charge on any atom is 0.193 e.